The first-order chi connectivity index (χ1) is 13.5. The van der Waals surface area contributed by atoms with E-state index >= 15 is 0 Å². The van der Waals surface area contributed by atoms with E-state index in [1.807, 2.05) is 19.1 Å². The second kappa shape index (κ2) is 8.61. The van der Waals surface area contributed by atoms with Crippen molar-refractivity contribution in [1.82, 2.24) is 5.32 Å². The molecular weight excluding hydrogens is 356 g/mol. The fraction of sp³-hybridized carbons (Fsp3) is 0.273. The molecule has 28 heavy (non-hydrogen) atoms. The summed E-state index contributed by atoms with van der Waals surface area (Å²) in [6, 6.07) is 10.5. The molecule has 1 aliphatic carbocycles. The number of amides is 2. The van der Waals surface area contributed by atoms with E-state index < -0.39 is 0 Å². The molecule has 6 heteroatoms. The first-order valence-corrected chi connectivity index (χ1v) is 9.16. The van der Waals surface area contributed by atoms with Crippen molar-refractivity contribution < 1.29 is 19.1 Å². The highest BCUT2D eigenvalue weighted by Gasteiger charge is 2.23. The Balaban J connectivity index is 1.76. The van der Waals surface area contributed by atoms with E-state index in [0.29, 0.717) is 34.4 Å². The summed E-state index contributed by atoms with van der Waals surface area (Å²) < 4.78 is 10.8. The molecule has 0 atom stereocenters. The van der Waals surface area contributed by atoms with E-state index in [4.69, 9.17) is 9.47 Å². The van der Waals surface area contributed by atoms with Crippen molar-refractivity contribution in [3.63, 3.8) is 0 Å². The predicted molar refractivity (Wildman–Crippen MR) is 109 cm³/mol. The molecular formula is C22H24N2O4. The van der Waals surface area contributed by atoms with Crippen LogP contribution in [0.4, 0.5) is 5.69 Å². The van der Waals surface area contributed by atoms with Crippen molar-refractivity contribution in [1.29, 1.82) is 0 Å². The second-order valence-electron chi connectivity index (χ2n) is 6.58. The molecule has 1 fully saturated rings. The van der Waals surface area contributed by atoms with E-state index in [1.165, 1.54) is 7.11 Å². The van der Waals surface area contributed by atoms with Gasteiger partial charge in [-0.25, -0.2) is 0 Å². The van der Waals surface area contributed by atoms with Crippen LogP contribution < -0.4 is 20.1 Å². The van der Waals surface area contributed by atoms with Gasteiger partial charge >= 0.3 is 0 Å². The van der Waals surface area contributed by atoms with Crippen LogP contribution in [-0.4, -0.2) is 32.1 Å². The second-order valence-corrected chi connectivity index (χ2v) is 6.58. The fourth-order valence-electron chi connectivity index (χ4n) is 2.83. The van der Waals surface area contributed by atoms with Crippen LogP contribution in [0.15, 0.2) is 42.5 Å². The van der Waals surface area contributed by atoms with Gasteiger partial charge in [-0.05, 0) is 56.2 Å². The lowest BCUT2D eigenvalue weighted by Crippen LogP contribution is -2.25. The predicted octanol–water partition coefficient (Wildman–Crippen LogP) is 3.88. The number of carbonyl (C=O) groups is 2. The highest BCUT2D eigenvalue weighted by Crippen LogP contribution is 2.33. The number of nitrogens with one attached hydrogen (secondary N) is 2. The largest absolute Gasteiger partial charge is 0.493 e. The van der Waals surface area contributed by atoms with Gasteiger partial charge in [0.1, 0.15) is 0 Å². The molecule has 2 aromatic rings. The maximum Gasteiger partial charge on any atom is 0.255 e. The van der Waals surface area contributed by atoms with Crippen molar-refractivity contribution >= 4 is 23.6 Å². The summed E-state index contributed by atoms with van der Waals surface area (Å²) in [6.45, 7) is 1.89. The van der Waals surface area contributed by atoms with Crippen molar-refractivity contribution in [3.8, 4) is 11.5 Å². The van der Waals surface area contributed by atoms with Crippen molar-refractivity contribution in [2.24, 2.45) is 0 Å². The van der Waals surface area contributed by atoms with Crippen molar-refractivity contribution in [3.05, 3.63) is 59.2 Å². The fourth-order valence-corrected chi connectivity index (χ4v) is 2.83. The van der Waals surface area contributed by atoms with Crippen LogP contribution in [0, 0.1) is 0 Å². The van der Waals surface area contributed by atoms with Gasteiger partial charge in [0, 0.05) is 28.4 Å². The molecule has 146 valence electrons. The van der Waals surface area contributed by atoms with Crippen LogP contribution in [0.1, 0.15) is 46.0 Å². The number of allylic oxidation sites excluding steroid dienone is 1. The number of hydrogen-bond acceptors (Lipinski definition) is 4. The van der Waals surface area contributed by atoms with Crippen LogP contribution >= 0.6 is 0 Å². The maximum absolute atomic E-state index is 12.7. The van der Waals surface area contributed by atoms with Gasteiger partial charge in [0.2, 0.25) is 0 Å². The summed E-state index contributed by atoms with van der Waals surface area (Å²) in [5.41, 5.74) is 2.38. The summed E-state index contributed by atoms with van der Waals surface area (Å²) in [4.78, 5) is 24.7. The monoisotopic (exact) mass is 380 g/mol. The van der Waals surface area contributed by atoms with E-state index in [-0.39, 0.29) is 11.8 Å². The quantitative estimate of drug-likeness (QED) is 0.764. The van der Waals surface area contributed by atoms with Crippen molar-refractivity contribution in [2.45, 2.75) is 25.8 Å². The summed E-state index contributed by atoms with van der Waals surface area (Å²) in [5.74, 6) is 0.691. The Morgan fingerprint density at radius 3 is 2.29 bits per heavy atom. The number of anilines is 1. The Bertz CT molecular complexity index is 899. The highest BCUT2D eigenvalue weighted by molar-refractivity contribution is 6.05. The Kier molecular flexibility index (Phi) is 5.99. The van der Waals surface area contributed by atoms with Gasteiger partial charge in [-0.15, -0.1) is 0 Å². The zero-order valence-corrected chi connectivity index (χ0v) is 16.2. The number of ether oxygens (including phenoxy) is 2. The van der Waals surface area contributed by atoms with Gasteiger partial charge in [-0.1, -0.05) is 12.2 Å². The molecule has 0 bridgehead atoms. The molecule has 1 saturated carbocycles. The molecule has 2 aromatic carbocycles. The molecule has 1 aliphatic rings. The zero-order chi connectivity index (χ0) is 20.1. The van der Waals surface area contributed by atoms with Gasteiger partial charge in [0.25, 0.3) is 11.8 Å². The summed E-state index contributed by atoms with van der Waals surface area (Å²) in [7, 11) is 3.09. The molecule has 0 saturated heterocycles. The number of methoxy groups -OCH3 is 2. The third-order valence-corrected chi connectivity index (χ3v) is 4.43. The first-order valence-electron chi connectivity index (χ1n) is 9.16. The molecule has 2 N–H and O–H groups in total. The molecule has 2 amide bonds. The van der Waals surface area contributed by atoms with Crippen LogP contribution in [0.2, 0.25) is 0 Å². The minimum absolute atomic E-state index is 0.0868. The SMILES string of the molecule is C/C=C/c1cc(C(=O)Nc2ccc(C(=O)NC3CC3)cc2)cc(OC)c1OC. The first kappa shape index (κ1) is 19.5. The van der Waals surface area contributed by atoms with E-state index in [2.05, 4.69) is 10.6 Å². The lowest BCUT2D eigenvalue weighted by Gasteiger charge is -2.13. The number of hydrogen-bond donors (Lipinski definition) is 2. The summed E-state index contributed by atoms with van der Waals surface area (Å²) in [5, 5.41) is 5.78. The Hall–Kier alpha value is -3.28. The number of benzene rings is 2. The third-order valence-electron chi connectivity index (χ3n) is 4.43. The molecule has 0 unspecified atom stereocenters. The molecule has 0 spiro atoms. The van der Waals surface area contributed by atoms with Gasteiger partial charge in [-0.3, -0.25) is 9.59 Å². The lowest BCUT2D eigenvalue weighted by molar-refractivity contribution is 0.0950. The molecule has 0 radical (unpaired) electrons. The van der Waals surface area contributed by atoms with Crippen LogP contribution in [0.3, 0.4) is 0 Å². The van der Waals surface area contributed by atoms with Gasteiger partial charge < -0.3 is 20.1 Å². The van der Waals surface area contributed by atoms with Crippen LogP contribution in [0.5, 0.6) is 11.5 Å². The van der Waals surface area contributed by atoms with E-state index in [0.717, 1.165) is 18.4 Å². The molecule has 0 heterocycles. The average Bonchev–Trinajstić information content (AvgIpc) is 3.52. The van der Waals surface area contributed by atoms with Crippen LogP contribution in [-0.2, 0) is 0 Å². The smallest absolute Gasteiger partial charge is 0.255 e. The average molecular weight is 380 g/mol. The zero-order valence-electron chi connectivity index (χ0n) is 16.2. The Morgan fingerprint density at radius 1 is 1.00 bits per heavy atom. The number of rotatable bonds is 7. The molecule has 3 rings (SSSR count). The third kappa shape index (κ3) is 4.52. The minimum atomic E-state index is -0.276. The topological polar surface area (TPSA) is 76.7 Å². The molecule has 0 aliphatic heterocycles. The van der Waals surface area contributed by atoms with Gasteiger partial charge in [-0.2, -0.15) is 0 Å². The molecule has 6 nitrogen and oxygen atoms in total. The van der Waals surface area contributed by atoms with Gasteiger partial charge in [0.05, 0.1) is 14.2 Å². The summed E-state index contributed by atoms with van der Waals surface area (Å²) >= 11 is 0. The van der Waals surface area contributed by atoms with E-state index in [9.17, 15) is 9.59 Å². The summed E-state index contributed by atoms with van der Waals surface area (Å²) in [6.07, 6.45) is 5.80. The minimum Gasteiger partial charge on any atom is -0.493 e. The Labute approximate surface area is 164 Å². The highest BCUT2D eigenvalue weighted by atomic mass is 16.5. The number of carbonyl (C=O) groups excluding carboxylic acids is 2. The normalized spacial score (nSPS) is 13.2. The Morgan fingerprint density at radius 2 is 1.71 bits per heavy atom. The van der Waals surface area contributed by atoms with Gasteiger partial charge in [0.15, 0.2) is 11.5 Å². The molecule has 0 aromatic heterocycles. The lowest BCUT2D eigenvalue weighted by atomic mass is 10.1. The van der Waals surface area contributed by atoms with E-state index in [1.54, 1.807) is 43.5 Å². The van der Waals surface area contributed by atoms with Crippen LogP contribution in [0.25, 0.3) is 6.08 Å². The van der Waals surface area contributed by atoms with Crippen molar-refractivity contribution in [2.75, 3.05) is 19.5 Å². The standard InChI is InChI=1S/C22H24N2O4/c1-4-5-15-12-16(13-19(27-2)20(15)28-3)22(26)24-17-8-6-14(7-9-17)21(25)23-18-10-11-18/h4-9,12-13,18H,10-11H2,1-3H3,(H,23,25)(H,24,26)/b5-4+. The maximum atomic E-state index is 12.7.